The van der Waals surface area contributed by atoms with Gasteiger partial charge < -0.3 is 14.5 Å². The molecule has 0 bridgehead atoms. The summed E-state index contributed by atoms with van der Waals surface area (Å²) in [5.41, 5.74) is 2.13. The predicted octanol–water partition coefficient (Wildman–Crippen LogP) is 1.29. The predicted molar refractivity (Wildman–Crippen MR) is 113 cm³/mol. The van der Waals surface area contributed by atoms with E-state index in [1.807, 2.05) is 17.0 Å². The van der Waals surface area contributed by atoms with E-state index in [0.717, 1.165) is 43.1 Å². The Kier molecular flexibility index (Phi) is 6.23. The minimum atomic E-state index is -0.177. The molecule has 0 saturated carbocycles. The van der Waals surface area contributed by atoms with Gasteiger partial charge in [0.25, 0.3) is 0 Å². The molecule has 0 spiro atoms. The molecule has 0 unspecified atom stereocenters. The van der Waals surface area contributed by atoms with Crippen LogP contribution in [0.2, 0.25) is 0 Å². The Balaban J connectivity index is 1.27. The second-order valence-corrected chi connectivity index (χ2v) is 7.73. The lowest BCUT2D eigenvalue weighted by molar-refractivity contribution is -0.145. The van der Waals surface area contributed by atoms with E-state index in [1.54, 1.807) is 18.5 Å². The first-order chi connectivity index (χ1) is 14.6. The maximum Gasteiger partial charge on any atom is 0.310 e. The molecule has 4 rings (SSSR count). The highest BCUT2D eigenvalue weighted by molar-refractivity contribution is 5.79. The van der Waals surface area contributed by atoms with Gasteiger partial charge in [-0.2, -0.15) is 0 Å². The van der Waals surface area contributed by atoms with Gasteiger partial charge >= 0.3 is 5.97 Å². The first kappa shape index (κ1) is 20.3. The van der Waals surface area contributed by atoms with E-state index < -0.39 is 0 Å². The van der Waals surface area contributed by atoms with Crippen molar-refractivity contribution in [3.63, 3.8) is 0 Å². The summed E-state index contributed by atoms with van der Waals surface area (Å²) in [6.07, 6.45) is 4.24. The molecule has 30 heavy (non-hydrogen) atoms. The van der Waals surface area contributed by atoms with Crippen molar-refractivity contribution >= 4 is 17.6 Å². The van der Waals surface area contributed by atoms with Crippen LogP contribution in [0.1, 0.15) is 6.42 Å². The van der Waals surface area contributed by atoms with Crippen LogP contribution < -0.4 is 4.90 Å². The van der Waals surface area contributed by atoms with Crippen molar-refractivity contribution < 1.29 is 14.3 Å². The molecular weight excluding hydrogens is 382 g/mol. The van der Waals surface area contributed by atoms with Crippen LogP contribution in [0.3, 0.4) is 0 Å². The lowest BCUT2D eigenvalue weighted by atomic mass is 10.1. The monoisotopic (exact) mass is 409 g/mol. The highest BCUT2D eigenvalue weighted by Crippen LogP contribution is 2.22. The number of esters is 1. The van der Waals surface area contributed by atoms with Crippen LogP contribution in [0.5, 0.6) is 0 Å². The van der Waals surface area contributed by atoms with Crippen molar-refractivity contribution in [1.82, 2.24) is 19.8 Å². The zero-order valence-electron chi connectivity index (χ0n) is 17.2. The number of methoxy groups -OCH3 is 1. The number of carbonyl (C=O) groups is 2. The van der Waals surface area contributed by atoms with Crippen molar-refractivity contribution in [2.75, 3.05) is 57.8 Å². The third kappa shape index (κ3) is 4.59. The zero-order valence-corrected chi connectivity index (χ0v) is 17.2. The van der Waals surface area contributed by atoms with Crippen LogP contribution >= 0.6 is 0 Å². The van der Waals surface area contributed by atoms with Gasteiger partial charge in [-0.3, -0.25) is 14.5 Å². The second kappa shape index (κ2) is 9.21. The molecule has 1 aromatic carbocycles. The van der Waals surface area contributed by atoms with Crippen molar-refractivity contribution in [2.24, 2.45) is 5.92 Å². The number of rotatable bonds is 5. The smallest absolute Gasteiger partial charge is 0.310 e. The van der Waals surface area contributed by atoms with E-state index in [0.29, 0.717) is 26.2 Å². The largest absolute Gasteiger partial charge is 0.469 e. The number of likely N-dealkylation sites (tertiary alicyclic amines) is 1. The summed E-state index contributed by atoms with van der Waals surface area (Å²) in [6.45, 7) is 4.76. The highest BCUT2D eigenvalue weighted by atomic mass is 16.5. The Labute approximate surface area is 176 Å². The number of amides is 1. The summed E-state index contributed by atoms with van der Waals surface area (Å²) in [6, 6.07) is 10.0. The molecule has 2 fully saturated rings. The minimum Gasteiger partial charge on any atom is -0.469 e. The van der Waals surface area contributed by atoms with Crippen molar-refractivity contribution in [2.45, 2.75) is 6.42 Å². The van der Waals surface area contributed by atoms with E-state index in [9.17, 15) is 9.59 Å². The average Bonchev–Trinajstić information content (AvgIpc) is 3.28. The molecule has 158 valence electrons. The van der Waals surface area contributed by atoms with Crippen LogP contribution in [0.4, 0.5) is 5.69 Å². The fourth-order valence-electron chi connectivity index (χ4n) is 4.11. The molecule has 0 N–H and O–H groups in total. The summed E-state index contributed by atoms with van der Waals surface area (Å²) < 4.78 is 4.82. The van der Waals surface area contributed by atoms with Gasteiger partial charge in [0.2, 0.25) is 5.91 Å². The number of piperazine rings is 1. The Morgan fingerprint density at radius 1 is 1.03 bits per heavy atom. The zero-order chi connectivity index (χ0) is 20.9. The molecule has 8 nitrogen and oxygen atoms in total. The molecule has 1 aromatic heterocycles. The number of hydrogen-bond donors (Lipinski definition) is 0. The fraction of sp³-hybridized carbons (Fsp3) is 0.455. The van der Waals surface area contributed by atoms with Gasteiger partial charge in [-0.1, -0.05) is 0 Å². The van der Waals surface area contributed by atoms with Gasteiger partial charge in [0.15, 0.2) is 5.82 Å². The Bertz CT molecular complexity index is 866. The van der Waals surface area contributed by atoms with E-state index in [1.165, 1.54) is 7.11 Å². The molecule has 3 heterocycles. The topological polar surface area (TPSA) is 78.9 Å². The summed E-state index contributed by atoms with van der Waals surface area (Å²) in [5.74, 6) is 0.569. The second-order valence-electron chi connectivity index (χ2n) is 7.73. The van der Waals surface area contributed by atoms with Gasteiger partial charge in [0.05, 0.1) is 19.6 Å². The van der Waals surface area contributed by atoms with Gasteiger partial charge in [-0.15, -0.1) is 0 Å². The molecule has 1 amide bonds. The number of nitrogens with zero attached hydrogens (tertiary/aromatic N) is 5. The van der Waals surface area contributed by atoms with Crippen LogP contribution in [-0.2, 0) is 14.3 Å². The SMILES string of the molecule is COC(=O)[C@H]1CCN(CC(=O)N2CCN(c3ccc(-c4ncccn4)cc3)CC2)C1. The third-order valence-electron chi connectivity index (χ3n) is 5.85. The standard InChI is InChI=1S/C22H27N5O3/c1-30-22(29)18-7-10-25(15-18)16-20(28)27-13-11-26(12-14-27)19-5-3-17(4-6-19)21-23-8-2-9-24-21/h2-6,8-9,18H,7,10-16H2,1H3/t18-/m0/s1. The van der Waals surface area contributed by atoms with E-state index in [-0.39, 0.29) is 17.8 Å². The van der Waals surface area contributed by atoms with Crippen molar-refractivity contribution in [1.29, 1.82) is 0 Å². The number of benzene rings is 1. The number of ether oxygens (including phenoxy) is 1. The van der Waals surface area contributed by atoms with E-state index in [4.69, 9.17) is 4.74 Å². The third-order valence-corrected chi connectivity index (χ3v) is 5.85. The van der Waals surface area contributed by atoms with Gasteiger partial charge in [0, 0.05) is 56.4 Å². The summed E-state index contributed by atoms with van der Waals surface area (Å²) in [5, 5.41) is 0. The number of hydrogen-bond acceptors (Lipinski definition) is 7. The Morgan fingerprint density at radius 3 is 2.40 bits per heavy atom. The van der Waals surface area contributed by atoms with Gasteiger partial charge in [-0.25, -0.2) is 9.97 Å². The van der Waals surface area contributed by atoms with Crippen LogP contribution in [0.15, 0.2) is 42.7 Å². The Hall–Kier alpha value is -3.00. The molecule has 1 atom stereocenters. The molecule has 2 aliphatic heterocycles. The molecule has 0 aliphatic carbocycles. The molecule has 2 aromatic rings. The first-order valence-corrected chi connectivity index (χ1v) is 10.3. The molecule has 8 heteroatoms. The molecular formula is C22H27N5O3. The quantitative estimate of drug-likeness (QED) is 0.689. The lowest BCUT2D eigenvalue weighted by Crippen LogP contribution is -2.51. The lowest BCUT2D eigenvalue weighted by Gasteiger charge is -2.36. The normalized spacial score (nSPS) is 19.7. The van der Waals surface area contributed by atoms with E-state index in [2.05, 4.69) is 31.9 Å². The van der Waals surface area contributed by atoms with Crippen molar-refractivity contribution in [3.05, 3.63) is 42.7 Å². The van der Waals surface area contributed by atoms with Crippen molar-refractivity contribution in [3.8, 4) is 11.4 Å². The first-order valence-electron chi connectivity index (χ1n) is 10.3. The van der Waals surface area contributed by atoms with E-state index >= 15 is 0 Å². The average molecular weight is 409 g/mol. The summed E-state index contributed by atoms with van der Waals surface area (Å²) in [7, 11) is 1.42. The molecule has 0 radical (unpaired) electrons. The maximum absolute atomic E-state index is 12.7. The number of aromatic nitrogens is 2. The van der Waals surface area contributed by atoms with Gasteiger partial charge in [-0.05, 0) is 43.3 Å². The number of carbonyl (C=O) groups excluding carboxylic acids is 2. The maximum atomic E-state index is 12.7. The summed E-state index contributed by atoms with van der Waals surface area (Å²) >= 11 is 0. The molecule has 2 saturated heterocycles. The number of anilines is 1. The highest BCUT2D eigenvalue weighted by Gasteiger charge is 2.31. The summed E-state index contributed by atoms with van der Waals surface area (Å²) in [4.78, 5) is 39.2. The minimum absolute atomic E-state index is 0.107. The van der Waals surface area contributed by atoms with Gasteiger partial charge in [0.1, 0.15) is 0 Å². The van der Waals surface area contributed by atoms with Crippen LogP contribution in [-0.4, -0.2) is 84.6 Å². The Morgan fingerprint density at radius 2 is 1.73 bits per heavy atom. The van der Waals surface area contributed by atoms with Crippen LogP contribution in [0.25, 0.3) is 11.4 Å². The fourth-order valence-corrected chi connectivity index (χ4v) is 4.11. The molecule has 2 aliphatic rings. The van der Waals surface area contributed by atoms with Crippen LogP contribution in [0, 0.1) is 5.92 Å².